The van der Waals surface area contributed by atoms with Crippen molar-refractivity contribution in [3.8, 4) is 17.2 Å². The van der Waals surface area contributed by atoms with Crippen LogP contribution < -0.4 is 24.8 Å². The molecule has 0 aromatic heterocycles. The Morgan fingerprint density at radius 1 is 1.00 bits per heavy atom. The summed E-state index contributed by atoms with van der Waals surface area (Å²) in [7, 11) is 4.58. The van der Waals surface area contributed by atoms with E-state index >= 15 is 0 Å². The van der Waals surface area contributed by atoms with Crippen LogP contribution >= 0.6 is 23.2 Å². The van der Waals surface area contributed by atoms with E-state index < -0.39 is 0 Å². The first-order chi connectivity index (χ1) is 17.7. The van der Waals surface area contributed by atoms with Crippen molar-refractivity contribution in [1.82, 2.24) is 10.2 Å². The third-order valence-corrected chi connectivity index (χ3v) is 7.37. The highest BCUT2D eigenvalue weighted by atomic mass is 35.5. The molecule has 1 heterocycles. The first kappa shape index (κ1) is 28.9. The molecular weight excluding hydrogens is 517 g/mol. The number of anilines is 1. The number of piperidine rings is 1. The molecule has 0 spiro atoms. The van der Waals surface area contributed by atoms with E-state index in [1.165, 1.54) is 21.3 Å². The number of carbonyl (C=O) groups excluding carboxylic acids is 2. The molecule has 10 heteroatoms. The third kappa shape index (κ3) is 7.90. The van der Waals surface area contributed by atoms with Crippen LogP contribution in [0.15, 0.2) is 30.3 Å². The van der Waals surface area contributed by atoms with Gasteiger partial charge in [0.1, 0.15) is 0 Å². The van der Waals surface area contributed by atoms with Crippen LogP contribution in [0.2, 0.25) is 10.0 Å². The first-order valence-corrected chi connectivity index (χ1v) is 13.1. The minimum atomic E-state index is -0.303. The predicted octanol–water partition coefficient (Wildman–Crippen LogP) is 5.76. The highest BCUT2D eigenvalue weighted by molar-refractivity contribution is 6.42. The summed E-state index contributed by atoms with van der Waals surface area (Å²) in [5, 5.41) is 6.60. The monoisotopic (exact) mass is 551 g/mol. The van der Waals surface area contributed by atoms with Gasteiger partial charge < -0.3 is 29.7 Å². The molecule has 0 aliphatic carbocycles. The molecule has 2 N–H and O–H groups in total. The van der Waals surface area contributed by atoms with Crippen LogP contribution in [0.5, 0.6) is 17.2 Å². The number of nitrogens with zero attached hydrogens (tertiary/aromatic N) is 1. The summed E-state index contributed by atoms with van der Waals surface area (Å²) < 4.78 is 16.0. The lowest BCUT2D eigenvalue weighted by Gasteiger charge is -2.32. The average Bonchev–Trinajstić information content (AvgIpc) is 2.91. The number of hydrogen-bond donors (Lipinski definition) is 2. The fraction of sp³-hybridized carbons (Fsp3) is 0.481. The number of carbonyl (C=O) groups is 2. The van der Waals surface area contributed by atoms with Gasteiger partial charge in [0.05, 0.1) is 37.1 Å². The molecule has 1 unspecified atom stereocenters. The Hall–Kier alpha value is -2.68. The van der Waals surface area contributed by atoms with E-state index in [2.05, 4.69) is 22.5 Å². The van der Waals surface area contributed by atoms with E-state index in [1.54, 1.807) is 30.3 Å². The van der Waals surface area contributed by atoms with Crippen LogP contribution in [0.3, 0.4) is 0 Å². The molecule has 202 valence electrons. The molecule has 1 aliphatic rings. The van der Waals surface area contributed by atoms with E-state index in [1.807, 2.05) is 0 Å². The van der Waals surface area contributed by atoms with Crippen molar-refractivity contribution in [3.63, 3.8) is 0 Å². The largest absolute Gasteiger partial charge is 0.493 e. The van der Waals surface area contributed by atoms with Crippen molar-refractivity contribution >= 4 is 40.7 Å². The van der Waals surface area contributed by atoms with Crippen LogP contribution in [0.4, 0.5) is 10.5 Å². The molecule has 0 saturated carbocycles. The quantitative estimate of drug-likeness (QED) is 0.345. The summed E-state index contributed by atoms with van der Waals surface area (Å²) in [5.41, 5.74) is 1.16. The van der Waals surface area contributed by atoms with Gasteiger partial charge in [-0.3, -0.25) is 4.79 Å². The Balaban J connectivity index is 1.39. The average molecular weight is 552 g/mol. The number of halogens is 2. The summed E-state index contributed by atoms with van der Waals surface area (Å²) in [6.45, 7) is 5.33. The van der Waals surface area contributed by atoms with Gasteiger partial charge in [0, 0.05) is 30.2 Å². The van der Waals surface area contributed by atoms with Gasteiger partial charge in [0.25, 0.3) is 0 Å². The van der Waals surface area contributed by atoms with Crippen LogP contribution in [0.25, 0.3) is 0 Å². The van der Waals surface area contributed by atoms with Crippen molar-refractivity contribution in [2.45, 2.75) is 26.2 Å². The normalized spacial score (nSPS) is 15.1. The lowest BCUT2D eigenvalue weighted by molar-refractivity contribution is 0.0836. The molecule has 2 aromatic rings. The van der Waals surface area contributed by atoms with E-state index in [4.69, 9.17) is 37.4 Å². The number of rotatable bonds is 11. The third-order valence-electron chi connectivity index (χ3n) is 6.63. The summed E-state index contributed by atoms with van der Waals surface area (Å²) in [6.07, 6.45) is 2.58. The Morgan fingerprint density at radius 2 is 1.65 bits per heavy atom. The molecule has 3 rings (SSSR count). The van der Waals surface area contributed by atoms with Gasteiger partial charge in [-0.05, 0) is 63.0 Å². The second kappa shape index (κ2) is 13.7. The molecule has 2 amide bonds. The number of benzene rings is 2. The zero-order chi connectivity index (χ0) is 26.9. The maximum atomic E-state index is 12.8. The minimum Gasteiger partial charge on any atom is -0.493 e. The first-order valence-electron chi connectivity index (χ1n) is 12.3. The number of ketones is 1. The SMILES string of the molecule is COc1cc(NC(=O)NCC(C)CCN2CCC(C(=O)c3ccc(Cl)c(Cl)c3)CC2)cc(OC)c1OC. The number of urea groups is 1. The highest BCUT2D eigenvalue weighted by Crippen LogP contribution is 2.39. The molecule has 37 heavy (non-hydrogen) atoms. The van der Waals surface area contributed by atoms with Gasteiger partial charge in [-0.25, -0.2) is 4.79 Å². The zero-order valence-electron chi connectivity index (χ0n) is 21.7. The van der Waals surface area contributed by atoms with E-state index in [0.29, 0.717) is 51.0 Å². The molecular formula is C27H35Cl2N3O5. The number of amides is 2. The Kier molecular flexibility index (Phi) is 10.7. The summed E-state index contributed by atoms with van der Waals surface area (Å²) >= 11 is 12.0. The maximum absolute atomic E-state index is 12.8. The van der Waals surface area contributed by atoms with Crippen molar-refractivity contribution in [2.75, 3.05) is 52.8 Å². The van der Waals surface area contributed by atoms with Crippen molar-refractivity contribution in [2.24, 2.45) is 11.8 Å². The Labute approximate surface area is 228 Å². The molecule has 0 radical (unpaired) electrons. The van der Waals surface area contributed by atoms with Crippen LogP contribution in [0, 0.1) is 11.8 Å². The maximum Gasteiger partial charge on any atom is 0.319 e. The zero-order valence-corrected chi connectivity index (χ0v) is 23.2. The molecule has 1 atom stereocenters. The lowest BCUT2D eigenvalue weighted by Crippen LogP contribution is -2.38. The van der Waals surface area contributed by atoms with E-state index in [0.717, 1.165) is 38.9 Å². The van der Waals surface area contributed by atoms with E-state index in [-0.39, 0.29) is 17.7 Å². The molecule has 1 fully saturated rings. The second-order valence-electron chi connectivity index (χ2n) is 9.25. The van der Waals surface area contributed by atoms with Gasteiger partial charge >= 0.3 is 6.03 Å². The van der Waals surface area contributed by atoms with Gasteiger partial charge in [-0.1, -0.05) is 30.1 Å². The number of nitrogens with one attached hydrogen (secondary N) is 2. The van der Waals surface area contributed by atoms with Gasteiger partial charge in [-0.15, -0.1) is 0 Å². The van der Waals surface area contributed by atoms with Crippen molar-refractivity contribution < 1.29 is 23.8 Å². The van der Waals surface area contributed by atoms with Crippen LogP contribution in [-0.2, 0) is 0 Å². The lowest BCUT2D eigenvalue weighted by atomic mass is 9.88. The summed E-state index contributed by atoms with van der Waals surface area (Å²) in [6, 6.07) is 8.14. The minimum absolute atomic E-state index is 0.00600. The summed E-state index contributed by atoms with van der Waals surface area (Å²) in [4.78, 5) is 27.7. The Bertz CT molecular complexity index is 1060. The number of methoxy groups -OCH3 is 3. The number of ether oxygens (including phenoxy) is 3. The topological polar surface area (TPSA) is 89.1 Å². The number of hydrogen-bond acceptors (Lipinski definition) is 6. The Morgan fingerprint density at radius 3 is 2.22 bits per heavy atom. The molecule has 2 aromatic carbocycles. The highest BCUT2D eigenvalue weighted by Gasteiger charge is 2.26. The van der Waals surface area contributed by atoms with Crippen molar-refractivity contribution in [3.05, 3.63) is 45.9 Å². The predicted molar refractivity (Wildman–Crippen MR) is 147 cm³/mol. The van der Waals surface area contributed by atoms with E-state index in [9.17, 15) is 9.59 Å². The summed E-state index contributed by atoms with van der Waals surface area (Å²) in [5.74, 6) is 1.83. The molecule has 1 aliphatic heterocycles. The van der Waals surface area contributed by atoms with Gasteiger partial charge in [-0.2, -0.15) is 0 Å². The number of likely N-dealkylation sites (tertiary alicyclic amines) is 1. The fourth-order valence-electron chi connectivity index (χ4n) is 4.40. The molecule has 1 saturated heterocycles. The fourth-order valence-corrected chi connectivity index (χ4v) is 4.70. The molecule has 8 nitrogen and oxygen atoms in total. The second-order valence-corrected chi connectivity index (χ2v) is 10.1. The van der Waals surface area contributed by atoms with Gasteiger partial charge in [0.2, 0.25) is 5.75 Å². The standard InChI is InChI=1S/C27H35Cl2N3O5/c1-17(16-30-27(34)31-20-14-23(35-2)26(37-4)24(15-20)36-3)7-10-32-11-8-18(9-12-32)25(33)19-5-6-21(28)22(29)13-19/h5-6,13-15,17-18H,7-12,16H2,1-4H3,(H2,30,31,34). The van der Waals surface area contributed by atoms with Crippen molar-refractivity contribution in [1.29, 1.82) is 0 Å². The smallest absolute Gasteiger partial charge is 0.319 e. The van der Waals surface area contributed by atoms with Gasteiger partial charge in [0.15, 0.2) is 17.3 Å². The number of Topliss-reactive ketones (excluding diaryl/α,β-unsaturated/α-hetero) is 1. The van der Waals surface area contributed by atoms with Crippen LogP contribution in [0.1, 0.15) is 36.5 Å². The van der Waals surface area contributed by atoms with Crippen LogP contribution in [-0.4, -0.2) is 64.2 Å². The molecule has 0 bridgehead atoms.